The van der Waals surface area contributed by atoms with Crippen LogP contribution in [0.3, 0.4) is 0 Å². The number of rotatable bonds is 4. The maximum absolute atomic E-state index is 13.1. The first-order chi connectivity index (χ1) is 14.2. The van der Waals surface area contributed by atoms with Crippen LogP contribution in [-0.2, 0) is 14.6 Å². The number of aliphatic imine (C=N–C) groups is 1. The number of benzene rings is 2. The van der Waals surface area contributed by atoms with Crippen molar-refractivity contribution in [3.63, 3.8) is 0 Å². The highest BCUT2D eigenvalue weighted by atomic mass is 32.2. The van der Waals surface area contributed by atoms with Gasteiger partial charge in [0.25, 0.3) is 0 Å². The lowest BCUT2D eigenvalue weighted by Gasteiger charge is -2.06. The third-order valence-corrected chi connectivity index (χ3v) is 6.67. The van der Waals surface area contributed by atoms with Crippen molar-refractivity contribution in [1.82, 2.24) is 4.98 Å². The first-order valence-electron chi connectivity index (χ1n) is 8.61. The van der Waals surface area contributed by atoms with Crippen molar-refractivity contribution < 1.29 is 17.6 Å². The second-order valence-corrected chi connectivity index (χ2v) is 9.27. The van der Waals surface area contributed by atoms with Gasteiger partial charge in [-0.1, -0.05) is 23.3 Å². The number of anilines is 1. The molecule has 0 fully saturated rings. The summed E-state index contributed by atoms with van der Waals surface area (Å²) in [5, 5.41) is 2.90. The normalized spacial score (nSPS) is 12.6. The molecule has 0 aliphatic rings. The molecule has 9 heteroatoms. The first-order valence-corrected chi connectivity index (χ1v) is 10.9. The van der Waals surface area contributed by atoms with Crippen LogP contribution in [0.1, 0.15) is 19.4 Å². The SMILES string of the molecule is C#C/C=C(\N=C(C)S(=O)(=O)c1ccc(F)cc1)c1ccc2nc(NC(C)=O)sc2c1. The third-order valence-electron chi connectivity index (χ3n) is 3.98. The summed E-state index contributed by atoms with van der Waals surface area (Å²) in [6.07, 6.45) is 6.77. The van der Waals surface area contributed by atoms with E-state index in [-0.39, 0.29) is 21.5 Å². The van der Waals surface area contributed by atoms with Crippen LogP contribution in [0.2, 0.25) is 0 Å². The zero-order valence-corrected chi connectivity index (χ0v) is 17.6. The van der Waals surface area contributed by atoms with Crippen LogP contribution < -0.4 is 5.32 Å². The van der Waals surface area contributed by atoms with Gasteiger partial charge in [0, 0.05) is 18.6 Å². The van der Waals surface area contributed by atoms with E-state index < -0.39 is 15.7 Å². The lowest BCUT2D eigenvalue weighted by atomic mass is 10.1. The molecule has 0 radical (unpaired) electrons. The Balaban J connectivity index is 2.01. The van der Waals surface area contributed by atoms with Crippen molar-refractivity contribution in [3.05, 3.63) is 59.9 Å². The number of amides is 1. The fourth-order valence-corrected chi connectivity index (χ4v) is 4.57. The number of terminal acetylenes is 1. The fraction of sp³-hybridized carbons (Fsp3) is 0.0952. The van der Waals surface area contributed by atoms with Crippen LogP contribution in [0.5, 0.6) is 0 Å². The highest BCUT2D eigenvalue weighted by molar-refractivity contribution is 8.06. The molecule has 0 aliphatic carbocycles. The number of nitrogens with zero attached hydrogens (tertiary/aromatic N) is 2. The summed E-state index contributed by atoms with van der Waals surface area (Å²) in [4.78, 5) is 19.7. The Morgan fingerprint density at radius 2 is 1.93 bits per heavy atom. The Labute approximate surface area is 177 Å². The fourth-order valence-electron chi connectivity index (χ4n) is 2.56. The molecule has 3 rings (SSSR count). The Hall–Kier alpha value is -3.35. The van der Waals surface area contributed by atoms with E-state index in [0.29, 0.717) is 16.2 Å². The molecule has 1 N–H and O–H groups in total. The van der Waals surface area contributed by atoms with Gasteiger partial charge < -0.3 is 5.32 Å². The van der Waals surface area contributed by atoms with E-state index in [0.717, 1.165) is 16.8 Å². The number of nitrogens with one attached hydrogen (secondary N) is 1. The zero-order chi connectivity index (χ0) is 21.9. The number of thiazole rings is 1. The molecule has 152 valence electrons. The number of allylic oxidation sites excluding steroid dienone is 1. The van der Waals surface area contributed by atoms with Crippen LogP contribution in [0, 0.1) is 18.2 Å². The van der Waals surface area contributed by atoms with Gasteiger partial charge in [0.15, 0.2) is 5.13 Å². The summed E-state index contributed by atoms with van der Waals surface area (Å²) in [6.45, 7) is 2.74. The number of sulfone groups is 1. The number of aromatic nitrogens is 1. The van der Waals surface area contributed by atoms with Gasteiger partial charge in [-0.05, 0) is 43.3 Å². The summed E-state index contributed by atoms with van der Waals surface area (Å²) in [5.74, 6) is 1.60. The van der Waals surface area contributed by atoms with Gasteiger partial charge >= 0.3 is 0 Å². The van der Waals surface area contributed by atoms with E-state index >= 15 is 0 Å². The third kappa shape index (κ3) is 4.62. The number of fused-ring (bicyclic) bond motifs is 1. The number of halogens is 1. The predicted octanol–water partition coefficient (Wildman–Crippen LogP) is 4.26. The largest absolute Gasteiger partial charge is 0.302 e. The van der Waals surface area contributed by atoms with Crippen LogP contribution in [0.15, 0.2) is 58.4 Å². The Morgan fingerprint density at radius 3 is 2.57 bits per heavy atom. The maximum atomic E-state index is 13.1. The molecule has 0 saturated carbocycles. The average Bonchev–Trinajstić information content (AvgIpc) is 3.08. The van der Waals surface area contributed by atoms with Crippen molar-refractivity contribution in [2.24, 2.45) is 4.99 Å². The van der Waals surface area contributed by atoms with Gasteiger partial charge in [0.2, 0.25) is 15.7 Å². The number of carbonyl (C=O) groups is 1. The molecule has 0 saturated heterocycles. The molecule has 1 heterocycles. The summed E-state index contributed by atoms with van der Waals surface area (Å²) < 4.78 is 39.4. The predicted molar refractivity (Wildman–Crippen MR) is 117 cm³/mol. The van der Waals surface area contributed by atoms with Crippen molar-refractivity contribution in [3.8, 4) is 12.3 Å². The second kappa shape index (κ2) is 8.57. The summed E-state index contributed by atoms with van der Waals surface area (Å²) in [6, 6.07) is 9.72. The minimum absolute atomic E-state index is 0.0666. The van der Waals surface area contributed by atoms with Crippen molar-refractivity contribution in [1.29, 1.82) is 0 Å². The molecule has 6 nitrogen and oxygen atoms in total. The van der Waals surface area contributed by atoms with Gasteiger partial charge in [0.05, 0.1) is 20.8 Å². The van der Waals surface area contributed by atoms with Crippen LogP contribution in [0.4, 0.5) is 9.52 Å². The van der Waals surface area contributed by atoms with Crippen LogP contribution in [-0.4, -0.2) is 24.4 Å². The van der Waals surface area contributed by atoms with E-state index in [1.165, 1.54) is 43.4 Å². The lowest BCUT2D eigenvalue weighted by molar-refractivity contribution is -0.114. The van der Waals surface area contributed by atoms with E-state index in [4.69, 9.17) is 6.42 Å². The molecule has 0 bridgehead atoms. The Bertz CT molecular complexity index is 1330. The molecule has 2 aromatic carbocycles. The molecular formula is C21H16FN3O3S2. The molecule has 0 spiro atoms. The molecule has 1 amide bonds. The Morgan fingerprint density at radius 1 is 1.23 bits per heavy atom. The molecule has 0 aliphatic heterocycles. The van der Waals surface area contributed by atoms with Gasteiger partial charge in [-0.25, -0.2) is 22.8 Å². The topological polar surface area (TPSA) is 88.5 Å². The van der Waals surface area contributed by atoms with Crippen molar-refractivity contribution in [2.45, 2.75) is 18.7 Å². The van der Waals surface area contributed by atoms with Gasteiger partial charge in [-0.3, -0.25) is 4.79 Å². The monoisotopic (exact) mass is 441 g/mol. The minimum atomic E-state index is -3.91. The van der Waals surface area contributed by atoms with Crippen LogP contribution in [0.25, 0.3) is 15.9 Å². The van der Waals surface area contributed by atoms with E-state index in [9.17, 15) is 17.6 Å². The average molecular weight is 442 g/mol. The Kier molecular flexibility index (Phi) is 6.10. The van der Waals surface area contributed by atoms with E-state index in [2.05, 4.69) is 21.2 Å². The highest BCUT2D eigenvalue weighted by Crippen LogP contribution is 2.29. The van der Waals surface area contributed by atoms with Crippen molar-refractivity contribution in [2.75, 3.05) is 5.32 Å². The summed E-state index contributed by atoms with van der Waals surface area (Å²) >= 11 is 1.27. The highest BCUT2D eigenvalue weighted by Gasteiger charge is 2.19. The van der Waals surface area contributed by atoms with E-state index in [1.54, 1.807) is 18.2 Å². The molecule has 0 unspecified atom stereocenters. The standard InChI is InChI=1S/C21H16FN3O3S2/c1-4-5-18(24-14(3)30(27,28)17-9-7-16(22)8-10-17)15-6-11-19-20(12-15)29-21(25-19)23-13(2)26/h1,5-12H,2-3H3,(H,23,25,26)/b18-5-,24-14?. The maximum Gasteiger partial charge on any atom is 0.223 e. The minimum Gasteiger partial charge on any atom is -0.302 e. The molecule has 0 atom stereocenters. The van der Waals surface area contributed by atoms with Gasteiger partial charge in [-0.15, -0.1) is 6.42 Å². The molecule has 3 aromatic rings. The number of carbonyl (C=O) groups excluding carboxylic acids is 1. The molecule has 1 aromatic heterocycles. The molecular weight excluding hydrogens is 425 g/mol. The van der Waals surface area contributed by atoms with Crippen molar-refractivity contribution >= 4 is 53.2 Å². The quantitative estimate of drug-likeness (QED) is 0.284. The van der Waals surface area contributed by atoms with Gasteiger partial charge in [-0.2, -0.15) is 0 Å². The van der Waals surface area contributed by atoms with Gasteiger partial charge in [0.1, 0.15) is 10.9 Å². The lowest BCUT2D eigenvalue weighted by Crippen LogP contribution is -2.12. The van der Waals surface area contributed by atoms with E-state index in [1.807, 2.05) is 0 Å². The zero-order valence-electron chi connectivity index (χ0n) is 16.0. The summed E-state index contributed by atoms with van der Waals surface area (Å²) in [5.41, 5.74) is 1.54. The second-order valence-electron chi connectivity index (χ2n) is 6.17. The summed E-state index contributed by atoms with van der Waals surface area (Å²) in [7, 11) is -3.91. The smallest absolute Gasteiger partial charge is 0.223 e. The first kappa shape index (κ1) is 21.4. The number of hydrogen-bond acceptors (Lipinski definition) is 6. The van der Waals surface area contributed by atoms with Crippen LogP contribution >= 0.6 is 11.3 Å². The molecule has 30 heavy (non-hydrogen) atoms. The number of hydrogen-bond donors (Lipinski definition) is 1.